The molecule has 1 heterocycles. The Labute approximate surface area is 153 Å². The number of carbonyl (C=O) groups is 1. The molecule has 0 saturated carbocycles. The fourth-order valence-electron chi connectivity index (χ4n) is 3.54. The van der Waals surface area contributed by atoms with E-state index in [0.717, 1.165) is 40.6 Å². The van der Waals surface area contributed by atoms with E-state index < -0.39 is 6.04 Å². The van der Waals surface area contributed by atoms with Crippen molar-refractivity contribution in [3.63, 3.8) is 0 Å². The van der Waals surface area contributed by atoms with Crippen LogP contribution >= 0.6 is 0 Å². The first kappa shape index (κ1) is 16.6. The summed E-state index contributed by atoms with van der Waals surface area (Å²) in [5, 5.41) is 8.68. The van der Waals surface area contributed by atoms with Gasteiger partial charge in [-0.1, -0.05) is 43.3 Å². The van der Waals surface area contributed by atoms with E-state index in [9.17, 15) is 4.79 Å². The van der Waals surface area contributed by atoms with E-state index in [2.05, 4.69) is 17.6 Å². The molecule has 0 saturated heterocycles. The molecule has 2 atom stereocenters. The maximum absolute atomic E-state index is 12.6. The highest BCUT2D eigenvalue weighted by Gasteiger charge is 2.21. The van der Waals surface area contributed by atoms with Crippen molar-refractivity contribution in [2.24, 2.45) is 5.73 Å². The molecule has 1 aliphatic heterocycles. The van der Waals surface area contributed by atoms with Gasteiger partial charge in [0.15, 0.2) is 0 Å². The molecule has 4 nitrogen and oxygen atoms in total. The van der Waals surface area contributed by atoms with Crippen molar-refractivity contribution in [2.75, 3.05) is 10.6 Å². The summed E-state index contributed by atoms with van der Waals surface area (Å²) in [6.45, 7) is 2.18. The lowest BCUT2D eigenvalue weighted by molar-refractivity contribution is -0.117. The van der Waals surface area contributed by atoms with Crippen LogP contribution in [0.5, 0.6) is 0 Å². The average molecular weight is 345 g/mol. The van der Waals surface area contributed by atoms with Crippen molar-refractivity contribution in [2.45, 2.75) is 31.8 Å². The predicted octanol–water partition coefficient (Wildman–Crippen LogP) is 4.22. The lowest BCUT2D eigenvalue weighted by Crippen LogP contribution is -2.27. The Bertz CT molecular complexity index is 967. The van der Waals surface area contributed by atoms with Gasteiger partial charge in [-0.3, -0.25) is 4.79 Å². The van der Waals surface area contributed by atoms with E-state index in [1.165, 1.54) is 5.56 Å². The van der Waals surface area contributed by atoms with Crippen molar-refractivity contribution in [1.82, 2.24) is 0 Å². The Morgan fingerprint density at radius 1 is 1.15 bits per heavy atom. The summed E-state index contributed by atoms with van der Waals surface area (Å²) in [7, 11) is 0. The minimum Gasteiger partial charge on any atom is -0.382 e. The minimum atomic E-state index is -0.700. The van der Waals surface area contributed by atoms with E-state index in [4.69, 9.17) is 5.73 Å². The fourth-order valence-corrected chi connectivity index (χ4v) is 3.54. The molecule has 3 aromatic carbocycles. The summed E-state index contributed by atoms with van der Waals surface area (Å²) in [4.78, 5) is 12.6. The average Bonchev–Trinajstić information content (AvgIpc) is 3.09. The van der Waals surface area contributed by atoms with Crippen LogP contribution in [0.1, 0.15) is 30.5 Å². The lowest BCUT2D eigenvalue weighted by Gasteiger charge is -2.14. The fraction of sp³-hybridized carbons (Fsp3) is 0.227. The lowest BCUT2D eigenvalue weighted by atomic mass is 10.0. The minimum absolute atomic E-state index is 0.196. The summed E-state index contributed by atoms with van der Waals surface area (Å²) in [5.74, 6) is -0.196. The number of carbonyl (C=O) groups excluding carboxylic acids is 1. The van der Waals surface area contributed by atoms with Crippen LogP contribution in [0.3, 0.4) is 0 Å². The van der Waals surface area contributed by atoms with Crippen molar-refractivity contribution in [1.29, 1.82) is 0 Å². The number of anilines is 2. The van der Waals surface area contributed by atoms with Gasteiger partial charge in [0.25, 0.3) is 0 Å². The third-order valence-electron chi connectivity index (χ3n) is 5.11. The van der Waals surface area contributed by atoms with E-state index in [1.54, 1.807) is 0 Å². The van der Waals surface area contributed by atoms with Crippen LogP contribution in [0, 0.1) is 0 Å². The third-order valence-corrected chi connectivity index (χ3v) is 5.11. The Balaban J connectivity index is 1.51. The van der Waals surface area contributed by atoms with Gasteiger partial charge >= 0.3 is 0 Å². The summed E-state index contributed by atoms with van der Waals surface area (Å²) < 4.78 is 0. The smallest absolute Gasteiger partial charge is 0.245 e. The highest BCUT2D eigenvalue weighted by atomic mass is 16.2. The number of rotatable bonds is 4. The number of nitrogens with two attached hydrogens (primary N) is 1. The molecule has 1 aliphatic rings. The molecule has 0 aliphatic carbocycles. The second-order valence-corrected chi connectivity index (χ2v) is 6.90. The van der Waals surface area contributed by atoms with Gasteiger partial charge in [-0.05, 0) is 59.0 Å². The van der Waals surface area contributed by atoms with Crippen LogP contribution in [0.4, 0.5) is 11.4 Å². The number of nitrogens with one attached hydrogen (secondary N) is 2. The van der Waals surface area contributed by atoms with Gasteiger partial charge in [-0.2, -0.15) is 0 Å². The monoisotopic (exact) mass is 345 g/mol. The molecule has 26 heavy (non-hydrogen) atoms. The SMILES string of the molecule is CCC1Cc2cc(NC(=O)C(N)c3ccc4ccccc4c3)ccc2N1. The molecule has 4 N–H and O–H groups in total. The van der Waals surface area contributed by atoms with Gasteiger partial charge in [-0.15, -0.1) is 0 Å². The van der Waals surface area contributed by atoms with Crippen molar-refractivity contribution in [3.05, 3.63) is 71.8 Å². The molecular formula is C22H23N3O. The first-order valence-corrected chi connectivity index (χ1v) is 9.08. The Hall–Kier alpha value is -2.85. The maximum atomic E-state index is 12.6. The molecule has 2 unspecified atom stereocenters. The Morgan fingerprint density at radius 3 is 2.77 bits per heavy atom. The normalized spacial score (nSPS) is 16.8. The van der Waals surface area contributed by atoms with Crippen LogP contribution in [-0.4, -0.2) is 11.9 Å². The van der Waals surface area contributed by atoms with Gasteiger partial charge in [0.1, 0.15) is 6.04 Å². The molecule has 0 radical (unpaired) electrons. The van der Waals surface area contributed by atoms with Crippen molar-refractivity contribution >= 4 is 28.1 Å². The molecule has 0 fully saturated rings. The van der Waals surface area contributed by atoms with Crippen LogP contribution in [-0.2, 0) is 11.2 Å². The van der Waals surface area contributed by atoms with Gasteiger partial charge in [-0.25, -0.2) is 0 Å². The van der Waals surface area contributed by atoms with Crippen LogP contribution in [0.2, 0.25) is 0 Å². The Kier molecular flexibility index (Phi) is 4.35. The zero-order valence-electron chi connectivity index (χ0n) is 14.8. The summed E-state index contributed by atoms with van der Waals surface area (Å²) in [6.07, 6.45) is 2.08. The number of benzene rings is 3. The number of hydrogen-bond acceptors (Lipinski definition) is 3. The summed E-state index contributed by atoms with van der Waals surface area (Å²) in [6, 6.07) is 19.8. The predicted molar refractivity (Wildman–Crippen MR) is 107 cm³/mol. The van der Waals surface area contributed by atoms with E-state index in [-0.39, 0.29) is 5.91 Å². The molecule has 0 aromatic heterocycles. The molecule has 132 valence electrons. The van der Waals surface area contributed by atoms with Gasteiger partial charge in [0.05, 0.1) is 0 Å². The largest absolute Gasteiger partial charge is 0.382 e. The first-order chi connectivity index (χ1) is 12.6. The molecule has 3 aromatic rings. The molecule has 4 rings (SSSR count). The second kappa shape index (κ2) is 6.81. The highest BCUT2D eigenvalue weighted by Crippen LogP contribution is 2.30. The number of hydrogen-bond donors (Lipinski definition) is 3. The maximum Gasteiger partial charge on any atom is 0.245 e. The molecule has 4 heteroatoms. The van der Waals surface area contributed by atoms with E-state index >= 15 is 0 Å². The van der Waals surface area contributed by atoms with E-state index in [0.29, 0.717) is 6.04 Å². The molecular weight excluding hydrogens is 322 g/mol. The van der Waals surface area contributed by atoms with Crippen LogP contribution in [0.25, 0.3) is 10.8 Å². The van der Waals surface area contributed by atoms with Gasteiger partial charge in [0, 0.05) is 17.4 Å². The van der Waals surface area contributed by atoms with Crippen molar-refractivity contribution in [3.8, 4) is 0 Å². The zero-order chi connectivity index (χ0) is 18.1. The number of amides is 1. The second-order valence-electron chi connectivity index (χ2n) is 6.90. The third kappa shape index (κ3) is 3.16. The molecule has 1 amide bonds. The topological polar surface area (TPSA) is 67.2 Å². The first-order valence-electron chi connectivity index (χ1n) is 9.08. The van der Waals surface area contributed by atoms with E-state index in [1.807, 2.05) is 60.7 Å². The number of fused-ring (bicyclic) bond motifs is 2. The summed E-state index contributed by atoms with van der Waals surface area (Å²) in [5.41, 5.74) is 10.2. The van der Waals surface area contributed by atoms with Crippen LogP contribution < -0.4 is 16.4 Å². The quantitative estimate of drug-likeness (QED) is 0.663. The van der Waals surface area contributed by atoms with Gasteiger partial charge in [0.2, 0.25) is 5.91 Å². The zero-order valence-corrected chi connectivity index (χ0v) is 14.8. The standard InChI is InChI=1S/C22H23N3O/c1-2-18-12-17-13-19(9-10-20(17)24-18)25-22(26)21(23)16-8-7-14-5-3-4-6-15(14)11-16/h3-11,13,18,21,24H,2,12,23H2,1H3,(H,25,26). The van der Waals surface area contributed by atoms with Crippen molar-refractivity contribution < 1.29 is 4.79 Å². The van der Waals surface area contributed by atoms with Gasteiger partial charge < -0.3 is 16.4 Å². The summed E-state index contributed by atoms with van der Waals surface area (Å²) >= 11 is 0. The Morgan fingerprint density at radius 2 is 1.96 bits per heavy atom. The van der Waals surface area contributed by atoms with Crippen LogP contribution in [0.15, 0.2) is 60.7 Å². The molecule has 0 bridgehead atoms. The highest BCUT2D eigenvalue weighted by molar-refractivity contribution is 5.96. The molecule has 0 spiro atoms.